The first-order valence-corrected chi connectivity index (χ1v) is 13.1. The molecule has 2 aliphatic heterocycles. The Morgan fingerprint density at radius 2 is 2.26 bits per heavy atom. The van der Waals surface area contributed by atoms with E-state index >= 15 is 0 Å². The summed E-state index contributed by atoms with van der Waals surface area (Å²) in [6, 6.07) is -0.951. The molecule has 2 amide bonds. The van der Waals surface area contributed by atoms with Gasteiger partial charge >= 0.3 is 0 Å². The molecule has 15 heteroatoms. The lowest BCUT2D eigenvalue weighted by Gasteiger charge is -2.50. The number of β-lactam (4-membered cyclic amide) rings is 1. The number of fused-ring (bicyclic) bond motifs is 1. The number of thioether (sulfide) groups is 1. The Labute approximate surface area is 211 Å². The summed E-state index contributed by atoms with van der Waals surface area (Å²) in [6.07, 6.45) is 0.806. The number of aliphatic hydroxyl groups is 1. The first-order valence-electron chi connectivity index (χ1n) is 10.4. The Hall–Kier alpha value is -3.01. The number of rotatable bonds is 9. The normalized spacial score (nSPS) is 19.9. The number of hydrogen-bond donors (Lipinski definition) is 3. The van der Waals surface area contributed by atoms with Gasteiger partial charge in [-0.05, 0) is 5.57 Å². The number of aryl methyl sites for hydroxylation is 1. The first kappa shape index (κ1) is 25.1. The molecule has 0 spiro atoms. The van der Waals surface area contributed by atoms with Crippen LogP contribution in [0.1, 0.15) is 21.3 Å². The van der Waals surface area contributed by atoms with E-state index in [2.05, 4.69) is 20.4 Å². The molecule has 186 valence electrons. The number of anilines is 1. The predicted octanol–water partition coefficient (Wildman–Crippen LogP) is -1.56. The second kappa shape index (κ2) is 10.3. The number of oxime groups is 1. The minimum atomic E-state index is -1.45. The number of amides is 2. The molecule has 1 unspecified atom stereocenters. The van der Waals surface area contributed by atoms with Crippen molar-refractivity contribution in [1.82, 2.24) is 15.2 Å². The summed E-state index contributed by atoms with van der Waals surface area (Å²) in [6.45, 7) is 1.90. The van der Waals surface area contributed by atoms with E-state index < -0.39 is 29.2 Å². The molecule has 0 aromatic carbocycles. The Morgan fingerprint density at radius 3 is 2.89 bits per heavy atom. The molecule has 1 saturated heterocycles. The van der Waals surface area contributed by atoms with Gasteiger partial charge in [-0.2, -0.15) is 0 Å². The highest BCUT2D eigenvalue weighted by atomic mass is 32.2. The molecule has 2 aromatic rings. The Morgan fingerprint density at radius 1 is 1.49 bits per heavy atom. The molecule has 2 atom stereocenters. The molecular formula is C20H22N6O6S3. The van der Waals surface area contributed by atoms with Gasteiger partial charge in [0.25, 0.3) is 11.8 Å². The summed E-state index contributed by atoms with van der Waals surface area (Å²) >= 11 is 3.93. The smallest absolute Gasteiger partial charge is 0.276 e. The fraction of sp³-hybridized carbons (Fsp3) is 0.400. The molecule has 12 nitrogen and oxygen atoms in total. The van der Waals surface area contributed by atoms with Crippen LogP contribution >= 0.6 is 34.4 Å². The van der Waals surface area contributed by atoms with Crippen molar-refractivity contribution >= 4 is 63.1 Å². The maximum Gasteiger partial charge on any atom is 0.276 e. The van der Waals surface area contributed by atoms with Crippen LogP contribution in [0.2, 0.25) is 0 Å². The summed E-state index contributed by atoms with van der Waals surface area (Å²) in [7, 11) is 1.27. The molecule has 4 rings (SSSR count). The average molecular weight is 539 g/mol. The van der Waals surface area contributed by atoms with Crippen LogP contribution < -0.4 is 21.1 Å². The summed E-state index contributed by atoms with van der Waals surface area (Å²) in [5.74, 6) is -2.37. The van der Waals surface area contributed by atoms with Crippen molar-refractivity contribution in [3.8, 4) is 0 Å². The molecular weight excluding hydrogens is 516 g/mol. The fourth-order valence-electron chi connectivity index (χ4n) is 3.85. The van der Waals surface area contributed by atoms with Crippen molar-refractivity contribution in [3.05, 3.63) is 37.9 Å². The van der Waals surface area contributed by atoms with Gasteiger partial charge in [0.15, 0.2) is 16.5 Å². The van der Waals surface area contributed by atoms with Crippen LogP contribution in [0, 0.1) is 6.92 Å². The van der Waals surface area contributed by atoms with Crippen LogP contribution in [0.25, 0.3) is 0 Å². The first-order chi connectivity index (χ1) is 16.7. The third-order valence-corrected chi connectivity index (χ3v) is 8.66. The van der Waals surface area contributed by atoms with Gasteiger partial charge in [-0.25, -0.2) is 9.97 Å². The van der Waals surface area contributed by atoms with Crippen LogP contribution in [0.4, 0.5) is 5.13 Å². The minimum Gasteiger partial charge on any atom is -0.543 e. The molecule has 0 saturated carbocycles. The Kier molecular flexibility index (Phi) is 7.39. The van der Waals surface area contributed by atoms with E-state index in [1.54, 1.807) is 0 Å². The molecule has 0 aliphatic carbocycles. The van der Waals surface area contributed by atoms with Crippen molar-refractivity contribution in [2.24, 2.45) is 5.16 Å². The number of nitrogens with zero attached hydrogens (tertiary/aromatic N) is 3. The Bertz CT molecular complexity index is 1240. The van der Waals surface area contributed by atoms with E-state index in [9.17, 15) is 24.6 Å². The van der Waals surface area contributed by atoms with Gasteiger partial charge < -0.3 is 30.9 Å². The van der Waals surface area contributed by atoms with Gasteiger partial charge in [0.2, 0.25) is 5.01 Å². The number of aliphatic carboxylic acids is 1. The van der Waals surface area contributed by atoms with Gasteiger partial charge in [0, 0.05) is 31.1 Å². The van der Waals surface area contributed by atoms with Crippen molar-refractivity contribution in [2.45, 2.75) is 31.2 Å². The van der Waals surface area contributed by atoms with E-state index in [-0.39, 0.29) is 28.8 Å². The highest BCUT2D eigenvalue weighted by Gasteiger charge is 2.53. The van der Waals surface area contributed by atoms with Crippen LogP contribution in [-0.4, -0.2) is 69.4 Å². The molecule has 4 heterocycles. The van der Waals surface area contributed by atoms with E-state index in [1.165, 1.54) is 35.6 Å². The third-order valence-electron chi connectivity index (χ3n) is 5.39. The van der Waals surface area contributed by atoms with E-state index in [0.717, 1.165) is 31.8 Å². The molecule has 2 aromatic heterocycles. The van der Waals surface area contributed by atoms with Crippen LogP contribution in [0.5, 0.6) is 0 Å². The maximum absolute atomic E-state index is 12.9. The van der Waals surface area contributed by atoms with Crippen LogP contribution in [-0.2, 0) is 32.1 Å². The van der Waals surface area contributed by atoms with Gasteiger partial charge in [0.1, 0.15) is 24.2 Å². The van der Waals surface area contributed by atoms with E-state index in [1.807, 2.05) is 6.92 Å². The largest absolute Gasteiger partial charge is 0.543 e. The van der Waals surface area contributed by atoms with Crippen molar-refractivity contribution < 1.29 is 34.4 Å². The monoisotopic (exact) mass is 538 g/mol. The topological polar surface area (TPSA) is 184 Å². The number of aromatic nitrogens is 2. The second-order valence-electron chi connectivity index (χ2n) is 7.64. The highest BCUT2D eigenvalue weighted by molar-refractivity contribution is 8.00. The number of carboxylic acids is 1. The Balaban J connectivity index is 1.52. The second-order valence-corrected chi connectivity index (χ2v) is 10.8. The predicted molar refractivity (Wildman–Crippen MR) is 127 cm³/mol. The number of nitrogens with one attached hydrogen (secondary N) is 2. The van der Waals surface area contributed by atoms with Crippen molar-refractivity contribution in [2.75, 3.05) is 25.2 Å². The van der Waals surface area contributed by atoms with Crippen LogP contribution in [0.15, 0.2) is 21.8 Å². The minimum absolute atomic E-state index is 0.0151. The molecule has 0 bridgehead atoms. The fourth-order valence-corrected chi connectivity index (χ4v) is 6.89. The molecule has 35 heavy (non-hydrogen) atoms. The highest BCUT2D eigenvalue weighted by Crippen LogP contribution is 2.41. The van der Waals surface area contributed by atoms with Crippen LogP contribution in [0.3, 0.4) is 0 Å². The number of carboxylic acid groups (broad SMARTS) is 1. The lowest BCUT2D eigenvalue weighted by molar-refractivity contribution is -0.391. The van der Waals surface area contributed by atoms with E-state index in [0.29, 0.717) is 24.2 Å². The number of aromatic amines is 1. The number of carbonyl (C=O) groups is 3. The summed E-state index contributed by atoms with van der Waals surface area (Å²) in [4.78, 5) is 51.9. The lowest BCUT2D eigenvalue weighted by atomic mass is 10.0. The van der Waals surface area contributed by atoms with Gasteiger partial charge in [0.05, 0.1) is 23.0 Å². The zero-order chi connectivity index (χ0) is 25.3. The SMILES string of the molecule is CO/N=C(\C(=O)NC1C(=O)N2C(C(=O)[O-])=C(Cc3[nH+]c(C)c(CCO)s3)CS[C@H]12)c1csc(N)n1. The number of nitrogens with two attached hydrogens (primary N) is 1. The zero-order valence-electron chi connectivity index (χ0n) is 18.7. The number of H-pyrrole nitrogens is 1. The number of carbonyl (C=O) groups excluding carboxylic acids is 3. The third kappa shape index (κ3) is 4.89. The van der Waals surface area contributed by atoms with Gasteiger partial charge in [-0.1, -0.05) is 16.5 Å². The van der Waals surface area contributed by atoms with Gasteiger partial charge in [-0.3, -0.25) is 14.5 Å². The molecule has 0 radical (unpaired) electrons. The number of hydrogen-bond acceptors (Lipinski definition) is 12. The number of thiazole rings is 2. The molecule has 1 fully saturated rings. The van der Waals surface area contributed by atoms with Crippen molar-refractivity contribution in [3.63, 3.8) is 0 Å². The summed E-state index contributed by atoms with van der Waals surface area (Å²) in [5, 5.41) is 29.5. The quantitative estimate of drug-likeness (QED) is 0.193. The van der Waals surface area contributed by atoms with E-state index in [4.69, 9.17) is 10.6 Å². The summed E-state index contributed by atoms with van der Waals surface area (Å²) in [5.41, 5.74) is 6.96. The summed E-state index contributed by atoms with van der Waals surface area (Å²) < 4.78 is 0. The molecule has 5 N–H and O–H groups in total. The van der Waals surface area contributed by atoms with Crippen molar-refractivity contribution in [1.29, 1.82) is 0 Å². The van der Waals surface area contributed by atoms with Gasteiger partial charge in [-0.15, -0.1) is 23.1 Å². The lowest BCUT2D eigenvalue weighted by Crippen LogP contribution is -2.71. The standard InChI is InChI=1S/C20H22N6O6S3/c1-8-11(3-4-27)35-12(22-8)5-9-6-33-18-14(17(29)26(18)15(9)19(30)31)24-16(28)13(25-32-2)10-7-34-20(21)23-10/h7,14,18,27H,3-6H2,1-2H3,(H2,21,23)(H,24,28)(H,30,31)/b25-13-/t14?,18-/m1/s1. The molecule has 2 aliphatic rings. The maximum atomic E-state index is 12.9. The zero-order valence-corrected chi connectivity index (χ0v) is 21.1. The average Bonchev–Trinajstić information content (AvgIpc) is 3.40. The number of nitrogen functional groups attached to an aromatic ring is 1. The number of aliphatic hydroxyl groups excluding tert-OH is 1.